The van der Waals surface area contributed by atoms with E-state index >= 15 is 0 Å². The SMILES string of the molecule is CC(C)CN(C)c1ncc2cc(Br)ccc2n1. The molecule has 90 valence electrons. The van der Waals surface area contributed by atoms with Gasteiger partial charge in [0, 0.05) is 29.6 Å². The van der Waals surface area contributed by atoms with Crippen LogP contribution >= 0.6 is 15.9 Å². The summed E-state index contributed by atoms with van der Waals surface area (Å²) in [6.07, 6.45) is 1.87. The van der Waals surface area contributed by atoms with Gasteiger partial charge in [-0.05, 0) is 24.1 Å². The smallest absolute Gasteiger partial charge is 0.225 e. The number of anilines is 1. The minimum Gasteiger partial charge on any atom is -0.344 e. The average molecular weight is 294 g/mol. The molecule has 0 spiro atoms. The van der Waals surface area contributed by atoms with Crippen LogP contribution in [0.25, 0.3) is 10.9 Å². The predicted octanol–water partition coefficient (Wildman–Crippen LogP) is 3.48. The van der Waals surface area contributed by atoms with Crippen LogP contribution in [0.15, 0.2) is 28.9 Å². The van der Waals surface area contributed by atoms with Crippen molar-refractivity contribution in [2.75, 3.05) is 18.5 Å². The number of nitrogens with zero attached hydrogens (tertiary/aromatic N) is 3. The van der Waals surface area contributed by atoms with Gasteiger partial charge in [0.15, 0.2) is 0 Å². The fourth-order valence-electron chi connectivity index (χ4n) is 1.81. The largest absolute Gasteiger partial charge is 0.344 e. The highest BCUT2D eigenvalue weighted by Crippen LogP contribution is 2.19. The van der Waals surface area contributed by atoms with Crippen LogP contribution in [0.4, 0.5) is 5.95 Å². The third-order valence-corrected chi connectivity index (χ3v) is 3.00. The summed E-state index contributed by atoms with van der Waals surface area (Å²) < 4.78 is 1.05. The molecule has 3 nitrogen and oxygen atoms in total. The molecular formula is C13H16BrN3. The first kappa shape index (κ1) is 12.3. The number of fused-ring (bicyclic) bond motifs is 1. The first-order chi connectivity index (χ1) is 8.06. The Kier molecular flexibility index (Phi) is 3.62. The second-order valence-corrected chi connectivity index (χ2v) is 5.56. The van der Waals surface area contributed by atoms with Crippen LogP contribution in [0.2, 0.25) is 0 Å². The van der Waals surface area contributed by atoms with Crippen molar-refractivity contribution in [3.05, 3.63) is 28.9 Å². The third kappa shape index (κ3) is 2.94. The van der Waals surface area contributed by atoms with Crippen LogP contribution in [0.1, 0.15) is 13.8 Å². The van der Waals surface area contributed by atoms with Crippen molar-refractivity contribution in [3.8, 4) is 0 Å². The first-order valence-electron chi connectivity index (χ1n) is 5.69. The molecule has 0 radical (unpaired) electrons. The van der Waals surface area contributed by atoms with Gasteiger partial charge in [-0.1, -0.05) is 29.8 Å². The topological polar surface area (TPSA) is 29.0 Å². The van der Waals surface area contributed by atoms with Crippen molar-refractivity contribution < 1.29 is 0 Å². The lowest BCUT2D eigenvalue weighted by Gasteiger charge is -2.19. The monoisotopic (exact) mass is 293 g/mol. The van der Waals surface area contributed by atoms with E-state index in [9.17, 15) is 0 Å². The lowest BCUT2D eigenvalue weighted by Crippen LogP contribution is -2.24. The normalized spacial score (nSPS) is 11.1. The molecule has 0 N–H and O–H groups in total. The molecule has 0 aliphatic heterocycles. The Labute approximate surface area is 110 Å². The molecule has 0 amide bonds. The molecule has 0 atom stereocenters. The van der Waals surface area contributed by atoms with Gasteiger partial charge in [0.05, 0.1) is 5.52 Å². The van der Waals surface area contributed by atoms with Gasteiger partial charge in [0.25, 0.3) is 0 Å². The van der Waals surface area contributed by atoms with E-state index in [0.29, 0.717) is 5.92 Å². The molecule has 0 unspecified atom stereocenters. The highest BCUT2D eigenvalue weighted by molar-refractivity contribution is 9.10. The zero-order chi connectivity index (χ0) is 12.4. The Morgan fingerprint density at radius 1 is 1.35 bits per heavy atom. The van der Waals surface area contributed by atoms with Crippen LogP contribution in [-0.2, 0) is 0 Å². The van der Waals surface area contributed by atoms with E-state index in [1.807, 2.05) is 31.4 Å². The molecule has 2 rings (SSSR count). The molecule has 0 fully saturated rings. The van der Waals surface area contributed by atoms with E-state index in [4.69, 9.17) is 0 Å². The Bertz CT molecular complexity index is 525. The maximum atomic E-state index is 4.56. The minimum absolute atomic E-state index is 0.601. The van der Waals surface area contributed by atoms with Crippen LogP contribution in [0, 0.1) is 5.92 Å². The van der Waals surface area contributed by atoms with Crippen molar-refractivity contribution in [1.82, 2.24) is 9.97 Å². The molecule has 0 aliphatic carbocycles. The van der Waals surface area contributed by atoms with Gasteiger partial charge in [-0.15, -0.1) is 0 Å². The Morgan fingerprint density at radius 2 is 2.12 bits per heavy atom. The van der Waals surface area contributed by atoms with E-state index in [1.54, 1.807) is 0 Å². The maximum Gasteiger partial charge on any atom is 0.225 e. The Hall–Kier alpha value is -1.16. The van der Waals surface area contributed by atoms with E-state index in [1.165, 1.54) is 0 Å². The number of aromatic nitrogens is 2. The summed E-state index contributed by atoms with van der Waals surface area (Å²) in [5.41, 5.74) is 0.980. The number of rotatable bonds is 3. The number of halogens is 1. The quantitative estimate of drug-likeness (QED) is 0.867. The molecule has 0 saturated carbocycles. The average Bonchev–Trinajstić information content (AvgIpc) is 2.27. The molecular weight excluding hydrogens is 278 g/mol. The maximum absolute atomic E-state index is 4.56. The van der Waals surface area contributed by atoms with Gasteiger partial charge in [0.2, 0.25) is 5.95 Å². The van der Waals surface area contributed by atoms with Crippen molar-refractivity contribution in [1.29, 1.82) is 0 Å². The molecule has 4 heteroatoms. The predicted molar refractivity (Wildman–Crippen MR) is 75.3 cm³/mol. The molecule has 0 aliphatic rings. The zero-order valence-corrected chi connectivity index (χ0v) is 11.9. The number of hydrogen-bond donors (Lipinski definition) is 0. The van der Waals surface area contributed by atoms with Crippen LogP contribution in [0.3, 0.4) is 0 Å². The lowest BCUT2D eigenvalue weighted by atomic mass is 10.2. The summed E-state index contributed by atoms with van der Waals surface area (Å²) in [6.45, 7) is 5.34. The van der Waals surface area contributed by atoms with Gasteiger partial charge in [-0.2, -0.15) is 0 Å². The second kappa shape index (κ2) is 5.00. The van der Waals surface area contributed by atoms with E-state index < -0.39 is 0 Å². The lowest BCUT2D eigenvalue weighted by molar-refractivity contribution is 0.630. The van der Waals surface area contributed by atoms with Gasteiger partial charge in [-0.25, -0.2) is 9.97 Å². The van der Waals surface area contributed by atoms with Crippen molar-refractivity contribution >= 4 is 32.8 Å². The van der Waals surface area contributed by atoms with Crippen molar-refractivity contribution in [3.63, 3.8) is 0 Å². The highest BCUT2D eigenvalue weighted by atomic mass is 79.9. The molecule has 0 saturated heterocycles. The van der Waals surface area contributed by atoms with Gasteiger partial charge in [-0.3, -0.25) is 0 Å². The summed E-state index contributed by atoms with van der Waals surface area (Å²) in [4.78, 5) is 11.0. The summed E-state index contributed by atoms with van der Waals surface area (Å²) in [6, 6.07) is 6.04. The first-order valence-corrected chi connectivity index (χ1v) is 6.49. The highest BCUT2D eigenvalue weighted by Gasteiger charge is 2.07. The summed E-state index contributed by atoms with van der Waals surface area (Å²) in [5.74, 6) is 1.39. The van der Waals surface area contributed by atoms with Gasteiger partial charge in [0.1, 0.15) is 0 Å². The van der Waals surface area contributed by atoms with Gasteiger partial charge >= 0.3 is 0 Å². The number of benzene rings is 1. The molecule has 17 heavy (non-hydrogen) atoms. The Balaban J connectivity index is 2.34. The van der Waals surface area contributed by atoms with Crippen LogP contribution in [0.5, 0.6) is 0 Å². The van der Waals surface area contributed by atoms with E-state index in [0.717, 1.165) is 27.9 Å². The molecule has 1 aromatic carbocycles. The molecule has 2 aromatic rings. The molecule has 1 aromatic heterocycles. The van der Waals surface area contributed by atoms with Crippen LogP contribution in [-0.4, -0.2) is 23.6 Å². The number of hydrogen-bond acceptors (Lipinski definition) is 3. The molecule has 1 heterocycles. The van der Waals surface area contributed by atoms with Crippen molar-refractivity contribution in [2.24, 2.45) is 5.92 Å². The fraction of sp³-hybridized carbons (Fsp3) is 0.385. The van der Waals surface area contributed by atoms with Crippen LogP contribution < -0.4 is 4.90 Å². The van der Waals surface area contributed by atoms with Gasteiger partial charge < -0.3 is 4.90 Å². The summed E-state index contributed by atoms with van der Waals surface area (Å²) >= 11 is 3.45. The van der Waals surface area contributed by atoms with E-state index in [2.05, 4.69) is 44.6 Å². The summed E-state index contributed by atoms with van der Waals surface area (Å²) in [5, 5.41) is 1.06. The molecule has 0 bridgehead atoms. The second-order valence-electron chi connectivity index (χ2n) is 4.65. The zero-order valence-electron chi connectivity index (χ0n) is 10.3. The van der Waals surface area contributed by atoms with Crippen molar-refractivity contribution in [2.45, 2.75) is 13.8 Å². The summed E-state index contributed by atoms with van der Waals surface area (Å²) in [7, 11) is 2.03. The minimum atomic E-state index is 0.601. The Morgan fingerprint density at radius 3 is 2.82 bits per heavy atom. The fourth-order valence-corrected chi connectivity index (χ4v) is 2.19. The standard InChI is InChI=1S/C13H16BrN3/c1-9(2)8-17(3)13-15-7-10-6-11(14)4-5-12(10)16-13/h4-7,9H,8H2,1-3H3. The third-order valence-electron chi connectivity index (χ3n) is 2.51. The van der Waals surface area contributed by atoms with E-state index in [-0.39, 0.29) is 0 Å².